The largest absolute Gasteiger partial charge is 0.303 e. The Morgan fingerprint density at radius 2 is 1.64 bits per heavy atom. The Hall–Kier alpha value is -0.893. The van der Waals surface area contributed by atoms with Crippen LogP contribution >= 0.6 is 0 Å². The number of benzene rings is 1. The molecule has 3 rings (SSSR count). The lowest BCUT2D eigenvalue weighted by molar-refractivity contribution is -0.111. The zero-order chi connectivity index (χ0) is 17.5. The molecule has 1 heterocycles. The first-order valence-corrected chi connectivity index (χ1v) is 13.3. The highest BCUT2D eigenvalue weighted by Crippen LogP contribution is 2.47. The van der Waals surface area contributed by atoms with Gasteiger partial charge in [-0.3, -0.25) is 0 Å². The van der Waals surface area contributed by atoms with Crippen LogP contribution in [0.25, 0.3) is 0 Å². The van der Waals surface area contributed by atoms with E-state index < -0.39 is 8.07 Å². The van der Waals surface area contributed by atoms with Gasteiger partial charge < -0.3 is 4.79 Å². The van der Waals surface area contributed by atoms with Crippen LogP contribution in [0.3, 0.4) is 0 Å². The Kier molecular flexibility index (Phi) is 6.92. The van der Waals surface area contributed by atoms with Crippen molar-refractivity contribution in [2.45, 2.75) is 88.8 Å². The Morgan fingerprint density at radius 1 is 0.960 bits per heavy atom. The maximum Gasteiger partial charge on any atom is 0.123 e. The number of unbranched alkanes of at least 4 members (excludes halogenated alkanes) is 2. The average Bonchev–Trinajstić information content (AvgIpc) is 2.69. The van der Waals surface area contributed by atoms with E-state index in [-0.39, 0.29) is 0 Å². The molecule has 0 radical (unpaired) electrons. The molecule has 0 atom stereocenters. The summed E-state index contributed by atoms with van der Waals surface area (Å²) >= 11 is 0. The third-order valence-electron chi connectivity index (χ3n) is 7.31. The molecule has 0 amide bonds. The van der Waals surface area contributed by atoms with Gasteiger partial charge in [-0.15, -0.1) is 0 Å². The van der Waals surface area contributed by atoms with E-state index >= 15 is 0 Å². The van der Waals surface area contributed by atoms with Crippen LogP contribution in [0.1, 0.15) is 71.1 Å². The van der Waals surface area contributed by atoms with Crippen molar-refractivity contribution in [3.05, 3.63) is 30.3 Å². The summed E-state index contributed by atoms with van der Waals surface area (Å²) in [6.07, 6.45) is 15.1. The molecule has 1 aliphatic carbocycles. The molecule has 0 N–H and O–H groups in total. The van der Waals surface area contributed by atoms with E-state index in [2.05, 4.69) is 37.3 Å². The zero-order valence-corrected chi connectivity index (χ0v) is 17.1. The van der Waals surface area contributed by atoms with E-state index in [4.69, 9.17) is 0 Å². The minimum Gasteiger partial charge on any atom is -0.303 e. The number of hydrogen-bond donors (Lipinski definition) is 0. The van der Waals surface area contributed by atoms with Crippen molar-refractivity contribution in [1.29, 1.82) is 0 Å². The molecule has 0 spiro atoms. The third-order valence-corrected chi connectivity index (χ3v) is 13.3. The summed E-state index contributed by atoms with van der Waals surface area (Å²) in [4.78, 5) is 11.3. The van der Waals surface area contributed by atoms with E-state index in [0.29, 0.717) is 5.92 Å². The monoisotopic (exact) mass is 356 g/mol. The normalized spacial score (nSPS) is 33.1. The van der Waals surface area contributed by atoms with E-state index in [1.165, 1.54) is 69.7 Å². The maximum atomic E-state index is 11.3. The third kappa shape index (κ3) is 4.45. The van der Waals surface area contributed by atoms with Crippen LogP contribution in [0.4, 0.5) is 0 Å². The fourth-order valence-electron chi connectivity index (χ4n) is 5.68. The fraction of sp³-hybridized carbons (Fsp3) is 0.696. The van der Waals surface area contributed by atoms with Gasteiger partial charge >= 0.3 is 0 Å². The summed E-state index contributed by atoms with van der Waals surface area (Å²) in [5.74, 6) is 1.34. The smallest absolute Gasteiger partial charge is 0.123 e. The van der Waals surface area contributed by atoms with Gasteiger partial charge in [0.05, 0.1) is 8.07 Å². The summed E-state index contributed by atoms with van der Waals surface area (Å²) in [7, 11) is -1.44. The van der Waals surface area contributed by atoms with Crippen molar-refractivity contribution < 1.29 is 4.79 Å². The molecule has 0 aromatic heterocycles. The molecule has 1 aromatic carbocycles. The van der Waals surface area contributed by atoms with Crippen molar-refractivity contribution in [3.63, 3.8) is 0 Å². The second-order valence-electron chi connectivity index (χ2n) is 8.71. The van der Waals surface area contributed by atoms with Gasteiger partial charge in [0.1, 0.15) is 6.29 Å². The highest BCUT2D eigenvalue weighted by Gasteiger charge is 2.45. The molecule has 25 heavy (non-hydrogen) atoms. The molecule has 2 fully saturated rings. The summed E-state index contributed by atoms with van der Waals surface area (Å²) in [6, 6.07) is 14.2. The van der Waals surface area contributed by atoms with Gasteiger partial charge in [-0.2, -0.15) is 0 Å². The molecule has 1 aromatic rings. The van der Waals surface area contributed by atoms with Crippen molar-refractivity contribution in [2.24, 2.45) is 11.8 Å². The first-order chi connectivity index (χ1) is 12.3. The van der Waals surface area contributed by atoms with Gasteiger partial charge in [-0.05, 0) is 24.3 Å². The van der Waals surface area contributed by atoms with Gasteiger partial charge in [0.2, 0.25) is 0 Å². The maximum absolute atomic E-state index is 11.3. The quantitative estimate of drug-likeness (QED) is 0.328. The van der Waals surface area contributed by atoms with Crippen molar-refractivity contribution >= 4 is 19.5 Å². The predicted octanol–water partition coefficient (Wildman–Crippen LogP) is 6.09. The summed E-state index contributed by atoms with van der Waals surface area (Å²) < 4.78 is 0. The number of carbonyl (C=O) groups excluding carboxylic acids is 1. The molecule has 1 aliphatic heterocycles. The number of hydrogen-bond acceptors (Lipinski definition) is 1. The van der Waals surface area contributed by atoms with Crippen LogP contribution < -0.4 is 5.19 Å². The number of carbonyl (C=O) groups is 1. The fourth-order valence-corrected chi connectivity index (χ4v) is 11.9. The predicted molar refractivity (Wildman–Crippen MR) is 110 cm³/mol. The van der Waals surface area contributed by atoms with Crippen LogP contribution in [-0.2, 0) is 4.79 Å². The van der Waals surface area contributed by atoms with Crippen LogP contribution in [0.2, 0.25) is 17.6 Å². The van der Waals surface area contributed by atoms with Crippen LogP contribution in [0.5, 0.6) is 0 Å². The van der Waals surface area contributed by atoms with Crippen molar-refractivity contribution in [1.82, 2.24) is 0 Å². The van der Waals surface area contributed by atoms with Gasteiger partial charge in [0, 0.05) is 5.92 Å². The lowest BCUT2D eigenvalue weighted by atomic mass is 9.85. The lowest BCUT2D eigenvalue weighted by Gasteiger charge is -2.46. The second-order valence-corrected chi connectivity index (χ2v) is 13.4. The average molecular weight is 357 g/mol. The standard InChI is InChI=1S/C23H36OSi/c1-2-3-5-8-20-11-13-23(14-12-20)25(22-9-6-4-7-10-22)17-15-21(19-24)16-18-25/h4,6-7,9-10,19-21,23H,2-3,5,8,11-18H2,1H3. The van der Waals surface area contributed by atoms with E-state index in [1.54, 1.807) is 5.19 Å². The minimum atomic E-state index is -1.44. The Balaban J connectivity index is 1.68. The Morgan fingerprint density at radius 3 is 2.24 bits per heavy atom. The van der Waals surface area contributed by atoms with Gasteiger partial charge in [0.25, 0.3) is 0 Å². The molecule has 1 saturated carbocycles. The molecule has 0 unspecified atom stereocenters. The molecule has 0 bridgehead atoms. The van der Waals surface area contributed by atoms with Gasteiger partial charge in [-0.1, -0.05) is 106 Å². The lowest BCUT2D eigenvalue weighted by Crippen LogP contribution is -2.54. The first-order valence-electron chi connectivity index (χ1n) is 10.8. The molecule has 1 saturated heterocycles. The summed E-state index contributed by atoms with van der Waals surface area (Å²) in [6.45, 7) is 2.31. The molecule has 138 valence electrons. The zero-order valence-electron chi connectivity index (χ0n) is 16.1. The Bertz CT molecular complexity index is 510. The molecular formula is C23H36OSi. The summed E-state index contributed by atoms with van der Waals surface area (Å²) in [5.41, 5.74) is 0.963. The van der Waals surface area contributed by atoms with E-state index in [9.17, 15) is 4.79 Å². The number of rotatable bonds is 7. The molecular weight excluding hydrogens is 320 g/mol. The van der Waals surface area contributed by atoms with E-state index in [1.807, 2.05) is 0 Å². The summed E-state index contributed by atoms with van der Waals surface area (Å²) in [5, 5.41) is 1.69. The molecule has 1 nitrogen and oxygen atoms in total. The van der Waals surface area contributed by atoms with Crippen molar-refractivity contribution in [2.75, 3.05) is 0 Å². The Labute approximate surface area is 155 Å². The second kappa shape index (κ2) is 9.16. The highest BCUT2D eigenvalue weighted by molar-refractivity contribution is 6.93. The van der Waals surface area contributed by atoms with E-state index in [0.717, 1.165) is 24.3 Å². The van der Waals surface area contributed by atoms with Crippen LogP contribution in [0.15, 0.2) is 30.3 Å². The van der Waals surface area contributed by atoms with Gasteiger partial charge in [-0.25, -0.2) is 0 Å². The van der Waals surface area contributed by atoms with Gasteiger partial charge in [0.15, 0.2) is 0 Å². The highest BCUT2D eigenvalue weighted by atomic mass is 28.3. The molecule has 2 heteroatoms. The first kappa shape index (κ1) is 18.9. The van der Waals surface area contributed by atoms with Crippen molar-refractivity contribution in [3.8, 4) is 0 Å². The topological polar surface area (TPSA) is 17.1 Å². The van der Waals surface area contributed by atoms with Crippen LogP contribution in [0, 0.1) is 11.8 Å². The van der Waals surface area contributed by atoms with Crippen LogP contribution in [-0.4, -0.2) is 14.4 Å². The SMILES string of the molecule is CCCCCC1CCC([Si]2(c3ccccc3)CCC(C=O)CC2)CC1. The number of aldehydes is 1. The minimum absolute atomic E-state index is 0.342. The molecule has 2 aliphatic rings.